The molecule has 2 N–H and O–H groups in total. The molecule has 5 nitrogen and oxygen atoms in total. The van der Waals surface area contributed by atoms with E-state index in [-0.39, 0.29) is 18.4 Å². The molecular formula is C18H21N3O2S. The zero-order valence-electron chi connectivity index (χ0n) is 13.5. The summed E-state index contributed by atoms with van der Waals surface area (Å²) in [6.07, 6.45) is 3.78. The van der Waals surface area contributed by atoms with Crippen LogP contribution < -0.4 is 15.5 Å². The van der Waals surface area contributed by atoms with Gasteiger partial charge in [0.1, 0.15) is 0 Å². The van der Waals surface area contributed by atoms with Crippen LogP contribution in [-0.4, -0.2) is 31.4 Å². The average Bonchev–Trinajstić information content (AvgIpc) is 3.16. The van der Waals surface area contributed by atoms with E-state index in [0.29, 0.717) is 4.88 Å². The number of piperidine rings is 1. The molecule has 1 saturated heterocycles. The number of carbonyl (C=O) groups is 2. The number of nitrogens with zero attached hydrogens (tertiary/aromatic N) is 1. The van der Waals surface area contributed by atoms with Gasteiger partial charge in [-0.25, -0.2) is 0 Å². The summed E-state index contributed by atoms with van der Waals surface area (Å²) < 4.78 is 0. The summed E-state index contributed by atoms with van der Waals surface area (Å²) in [5, 5.41) is 7.26. The number of carbonyl (C=O) groups excluding carboxylic acids is 2. The molecule has 6 heteroatoms. The van der Waals surface area contributed by atoms with Gasteiger partial charge in [0, 0.05) is 24.5 Å². The topological polar surface area (TPSA) is 61.4 Å². The zero-order chi connectivity index (χ0) is 16.8. The lowest BCUT2D eigenvalue weighted by atomic mass is 10.1. The SMILES string of the molecule is O=C(CNC(=O)c1cccs1)Nc1ccc(N2CCCCC2)cc1. The number of hydrogen-bond donors (Lipinski definition) is 2. The van der Waals surface area contributed by atoms with Crippen molar-refractivity contribution in [2.75, 3.05) is 29.9 Å². The lowest BCUT2D eigenvalue weighted by Crippen LogP contribution is -2.32. The Bertz CT molecular complexity index is 677. The molecule has 0 saturated carbocycles. The van der Waals surface area contributed by atoms with Crippen molar-refractivity contribution >= 4 is 34.5 Å². The van der Waals surface area contributed by atoms with Crippen molar-refractivity contribution in [2.24, 2.45) is 0 Å². The third-order valence-electron chi connectivity index (χ3n) is 4.03. The predicted octanol–water partition coefficient (Wildman–Crippen LogP) is 3.11. The molecule has 3 rings (SSSR count). The summed E-state index contributed by atoms with van der Waals surface area (Å²) in [7, 11) is 0. The maximum Gasteiger partial charge on any atom is 0.261 e. The van der Waals surface area contributed by atoms with E-state index in [2.05, 4.69) is 15.5 Å². The molecule has 1 aromatic heterocycles. The Labute approximate surface area is 145 Å². The Balaban J connectivity index is 1.48. The largest absolute Gasteiger partial charge is 0.372 e. The first-order chi connectivity index (χ1) is 11.7. The maximum absolute atomic E-state index is 11.9. The monoisotopic (exact) mass is 343 g/mol. The van der Waals surface area contributed by atoms with Gasteiger partial charge in [-0.05, 0) is 55.0 Å². The van der Waals surface area contributed by atoms with E-state index in [1.165, 1.54) is 36.3 Å². The highest BCUT2D eigenvalue weighted by atomic mass is 32.1. The van der Waals surface area contributed by atoms with Crippen LogP contribution >= 0.6 is 11.3 Å². The fraction of sp³-hybridized carbons (Fsp3) is 0.333. The smallest absolute Gasteiger partial charge is 0.261 e. The zero-order valence-corrected chi connectivity index (χ0v) is 14.3. The van der Waals surface area contributed by atoms with E-state index in [1.807, 2.05) is 35.7 Å². The van der Waals surface area contributed by atoms with Gasteiger partial charge in [0.25, 0.3) is 5.91 Å². The van der Waals surface area contributed by atoms with Gasteiger partial charge in [-0.1, -0.05) is 6.07 Å². The number of anilines is 2. The first kappa shape index (κ1) is 16.5. The van der Waals surface area contributed by atoms with Gasteiger partial charge in [-0.3, -0.25) is 9.59 Å². The van der Waals surface area contributed by atoms with Gasteiger partial charge >= 0.3 is 0 Å². The van der Waals surface area contributed by atoms with Crippen molar-refractivity contribution in [1.82, 2.24) is 5.32 Å². The Morgan fingerprint density at radius 2 is 1.79 bits per heavy atom. The Morgan fingerprint density at radius 3 is 2.46 bits per heavy atom. The average molecular weight is 343 g/mol. The van der Waals surface area contributed by atoms with Crippen LogP contribution in [-0.2, 0) is 4.79 Å². The van der Waals surface area contributed by atoms with E-state index in [4.69, 9.17) is 0 Å². The molecule has 24 heavy (non-hydrogen) atoms. The van der Waals surface area contributed by atoms with Crippen LogP contribution in [0.2, 0.25) is 0 Å². The third kappa shape index (κ3) is 4.35. The summed E-state index contributed by atoms with van der Waals surface area (Å²) in [6, 6.07) is 11.4. The number of thiophene rings is 1. The van der Waals surface area contributed by atoms with Crippen molar-refractivity contribution in [3.05, 3.63) is 46.7 Å². The van der Waals surface area contributed by atoms with E-state index in [9.17, 15) is 9.59 Å². The molecule has 1 aliphatic rings. The van der Waals surface area contributed by atoms with Crippen molar-refractivity contribution < 1.29 is 9.59 Å². The molecule has 2 aromatic rings. The van der Waals surface area contributed by atoms with E-state index in [1.54, 1.807) is 6.07 Å². The standard InChI is InChI=1S/C18H21N3O2S/c22-17(13-19-18(23)16-5-4-12-24-16)20-14-6-8-15(9-7-14)21-10-2-1-3-11-21/h4-9,12H,1-3,10-11,13H2,(H,19,23)(H,20,22). The van der Waals surface area contributed by atoms with Crippen LogP contribution in [0.15, 0.2) is 41.8 Å². The normalized spacial score (nSPS) is 14.2. The minimum absolute atomic E-state index is 0.0371. The number of rotatable bonds is 5. The second kappa shape index (κ2) is 7.97. The molecule has 0 atom stereocenters. The third-order valence-corrected chi connectivity index (χ3v) is 4.90. The van der Waals surface area contributed by atoms with Crippen molar-refractivity contribution in [3.8, 4) is 0 Å². The van der Waals surface area contributed by atoms with Gasteiger partial charge in [0.05, 0.1) is 11.4 Å². The molecule has 1 aliphatic heterocycles. The minimum Gasteiger partial charge on any atom is -0.372 e. The molecule has 0 bridgehead atoms. The van der Waals surface area contributed by atoms with Gasteiger partial charge in [-0.15, -0.1) is 11.3 Å². The van der Waals surface area contributed by atoms with Crippen LogP contribution in [0.3, 0.4) is 0 Å². The molecule has 2 amide bonds. The van der Waals surface area contributed by atoms with Crippen molar-refractivity contribution in [1.29, 1.82) is 0 Å². The number of hydrogen-bond acceptors (Lipinski definition) is 4. The predicted molar refractivity (Wildman–Crippen MR) is 97.8 cm³/mol. The van der Waals surface area contributed by atoms with Crippen LogP contribution in [0, 0.1) is 0 Å². The minimum atomic E-state index is -0.231. The van der Waals surface area contributed by atoms with Crippen molar-refractivity contribution in [2.45, 2.75) is 19.3 Å². The second-order valence-electron chi connectivity index (χ2n) is 5.80. The molecule has 0 aliphatic carbocycles. The van der Waals surface area contributed by atoms with Crippen molar-refractivity contribution in [3.63, 3.8) is 0 Å². The Kier molecular flexibility index (Phi) is 5.48. The summed E-state index contributed by atoms with van der Waals surface area (Å²) in [5.74, 6) is -0.453. The molecular weight excluding hydrogens is 322 g/mol. The first-order valence-electron chi connectivity index (χ1n) is 8.19. The number of nitrogens with one attached hydrogen (secondary N) is 2. The highest BCUT2D eigenvalue weighted by molar-refractivity contribution is 7.12. The van der Waals surface area contributed by atoms with Gasteiger partial charge < -0.3 is 15.5 Å². The van der Waals surface area contributed by atoms with Crippen LogP contribution in [0.25, 0.3) is 0 Å². The summed E-state index contributed by atoms with van der Waals surface area (Å²) in [5.41, 5.74) is 1.94. The Morgan fingerprint density at radius 1 is 1.04 bits per heavy atom. The molecule has 0 unspecified atom stereocenters. The van der Waals surface area contributed by atoms with E-state index < -0.39 is 0 Å². The molecule has 0 radical (unpaired) electrons. The molecule has 1 fully saturated rings. The Hall–Kier alpha value is -2.34. The van der Waals surface area contributed by atoms with E-state index >= 15 is 0 Å². The van der Waals surface area contributed by atoms with Crippen LogP contribution in [0.5, 0.6) is 0 Å². The highest BCUT2D eigenvalue weighted by Crippen LogP contribution is 2.21. The molecule has 2 heterocycles. The summed E-state index contributed by atoms with van der Waals surface area (Å²) in [4.78, 5) is 26.7. The lowest BCUT2D eigenvalue weighted by molar-refractivity contribution is -0.115. The second-order valence-corrected chi connectivity index (χ2v) is 6.75. The molecule has 1 aromatic carbocycles. The van der Waals surface area contributed by atoms with Gasteiger partial charge in [0.2, 0.25) is 5.91 Å². The summed E-state index contributed by atoms with van der Waals surface area (Å²) >= 11 is 1.35. The summed E-state index contributed by atoms with van der Waals surface area (Å²) in [6.45, 7) is 2.16. The lowest BCUT2D eigenvalue weighted by Gasteiger charge is -2.28. The maximum atomic E-state index is 11.9. The fourth-order valence-corrected chi connectivity index (χ4v) is 3.41. The van der Waals surface area contributed by atoms with Crippen LogP contribution in [0.1, 0.15) is 28.9 Å². The quantitative estimate of drug-likeness (QED) is 0.877. The van der Waals surface area contributed by atoms with Crippen LogP contribution in [0.4, 0.5) is 11.4 Å². The first-order valence-corrected chi connectivity index (χ1v) is 9.07. The van der Waals surface area contributed by atoms with Gasteiger partial charge in [0.15, 0.2) is 0 Å². The number of amides is 2. The van der Waals surface area contributed by atoms with E-state index in [0.717, 1.165) is 18.8 Å². The molecule has 0 spiro atoms. The molecule has 126 valence electrons. The van der Waals surface area contributed by atoms with Gasteiger partial charge in [-0.2, -0.15) is 0 Å². The highest BCUT2D eigenvalue weighted by Gasteiger charge is 2.11. The fourth-order valence-electron chi connectivity index (χ4n) is 2.77. The number of benzene rings is 1.